The van der Waals surface area contributed by atoms with E-state index in [-0.39, 0.29) is 12.4 Å². The molecule has 2 N–H and O–H groups in total. The van der Waals surface area contributed by atoms with Crippen molar-refractivity contribution in [1.29, 1.82) is 0 Å². The molecule has 0 spiro atoms. The molecule has 0 bridgehead atoms. The zero-order valence-electron chi connectivity index (χ0n) is 8.62. The Morgan fingerprint density at radius 1 is 1.56 bits per heavy atom. The molecule has 0 aliphatic carbocycles. The molecule has 0 amide bonds. The number of benzene rings is 1. The van der Waals surface area contributed by atoms with Gasteiger partial charge in [-0.1, -0.05) is 0 Å². The normalized spacial score (nSPS) is 21.1. The van der Waals surface area contributed by atoms with Gasteiger partial charge in [0, 0.05) is 0 Å². The molecule has 1 aliphatic rings. The van der Waals surface area contributed by atoms with Crippen molar-refractivity contribution < 1.29 is 18.7 Å². The van der Waals surface area contributed by atoms with Gasteiger partial charge in [-0.25, -0.2) is 4.39 Å². The largest absolute Gasteiger partial charge is 0.487 e. The van der Waals surface area contributed by atoms with E-state index in [0.717, 1.165) is 5.56 Å². The van der Waals surface area contributed by atoms with Crippen molar-refractivity contribution in [2.75, 3.05) is 6.54 Å². The minimum absolute atomic E-state index is 0.165. The minimum Gasteiger partial charge on any atom is -0.487 e. The van der Waals surface area contributed by atoms with Crippen LogP contribution in [-0.2, 0) is 6.42 Å². The summed E-state index contributed by atoms with van der Waals surface area (Å²) in [5.74, 6) is 0.266. The number of nitrogens with one attached hydrogen (secondary N) is 1. The molecule has 1 aromatic carbocycles. The van der Waals surface area contributed by atoms with Gasteiger partial charge in [-0.05, 0) is 36.6 Å². The fraction of sp³-hybridized carbons (Fsp3) is 0.455. The molecule has 0 radical (unpaired) electrons. The summed E-state index contributed by atoms with van der Waals surface area (Å²) in [6, 6.07) is 4.26. The highest BCUT2D eigenvalue weighted by atomic mass is 19.2. The molecule has 16 heavy (non-hydrogen) atoms. The monoisotopic (exact) mass is 229 g/mol. The molecule has 0 aromatic heterocycles. The number of fused-ring (bicyclic) bond motifs is 1. The van der Waals surface area contributed by atoms with Crippen LogP contribution in [0.3, 0.4) is 0 Å². The lowest BCUT2D eigenvalue weighted by Crippen LogP contribution is -2.39. The second-order valence-electron chi connectivity index (χ2n) is 3.85. The predicted molar refractivity (Wildman–Crippen MR) is 54.3 cm³/mol. The van der Waals surface area contributed by atoms with Crippen molar-refractivity contribution in [3.63, 3.8) is 0 Å². The van der Waals surface area contributed by atoms with E-state index < -0.39 is 12.2 Å². The molecule has 0 fully saturated rings. The van der Waals surface area contributed by atoms with E-state index in [1.807, 2.05) is 0 Å². The molecule has 3 nitrogen and oxygen atoms in total. The summed E-state index contributed by atoms with van der Waals surface area (Å²) >= 11 is 0. The van der Waals surface area contributed by atoms with Gasteiger partial charge in [0.05, 0.1) is 6.54 Å². The van der Waals surface area contributed by atoms with Crippen molar-refractivity contribution in [3.05, 3.63) is 29.6 Å². The van der Waals surface area contributed by atoms with Gasteiger partial charge in [-0.3, -0.25) is 0 Å². The molecule has 0 saturated heterocycles. The number of hydrogen-bond acceptors (Lipinski definition) is 3. The zero-order chi connectivity index (χ0) is 11.5. The van der Waals surface area contributed by atoms with Crippen LogP contribution >= 0.6 is 0 Å². The summed E-state index contributed by atoms with van der Waals surface area (Å²) < 4.78 is 30.2. The number of aliphatic hydroxyl groups excluding tert-OH is 1. The maximum Gasteiger partial charge on any atom is 0.126 e. The number of hydrogen-bond donors (Lipinski definition) is 2. The van der Waals surface area contributed by atoms with Gasteiger partial charge in [0.15, 0.2) is 0 Å². The van der Waals surface area contributed by atoms with Gasteiger partial charge < -0.3 is 9.84 Å². The van der Waals surface area contributed by atoms with Crippen molar-refractivity contribution >= 4 is 0 Å². The Hall–Kier alpha value is -1.20. The van der Waals surface area contributed by atoms with Crippen LogP contribution in [0, 0.1) is 5.82 Å². The Morgan fingerprint density at radius 3 is 3.12 bits per heavy atom. The third-order valence-corrected chi connectivity index (χ3v) is 2.71. The summed E-state index contributed by atoms with van der Waals surface area (Å²) in [4.78, 5) is 0. The van der Waals surface area contributed by atoms with Crippen LogP contribution in [0.25, 0.3) is 0 Å². The van der Waals surface area contributed by atoms with Gasteiger partial charge in [0.2, 0.25) is 0 Å². The van der Waals surface area contributed by atoms with Crippen LogP contribution in [0.4, 0.5) is 8.87 Å². The molecule has 2 rings (SSSR count). The number of aryl methyl sites for hydroxylation is 1. The third-order valence-electron chi connectivity index (χ3n) is 2.71. The fourth-order valence-electron chi connectivity index (χ4n) is 1.86. The van der Waals surface area contributed by atoms with Crippen LogP contribution < -0.4 is 10.3 Å². The SMILES string of the molecule is OC(CNF)C1CCc2cc(F)ccc2O1. The second-order valence-corrected chi connectivity index (χ2v) is 3.85. The average Bonchev–Trinajstić information content (AvgIpc) is 2.28. The first-order chi connectivity index (χ1) is 7.70. The van der Waals surface area contributed by atoms with Crippen LogP contribution in [0.15, 0.2) is 18.2 Å². The Bertz CT molecular complexity index is 373. The summed E-state index contributed by atoms with van der Waals surface area (Å²) in [5.41, 5.74) is 2.20. The molecule has 2 atom stereocenters. The van der Waals surface area contributed by atoms with E-state index in [1.165, 1.54) is 23.7 Å². The Kier molecular flexibility index (Phi) is 3.36. The first-order valence-corrected chi connectivity index (χ1v) is 5.17. The lowest BCUT2D eigenvalue weighted by atomic mass is 9.99. The summed E-state index contributed by atoms with van der Waals surface area (Å²) in [6.07, 6.45) is -0.162. The number of aliphatic hydroxyl groups is 1. The van der Waals surface area contributed by atoms with Crippen molar-refractivity contribution in [2.24, 2.45) is 0 Å². The molecule has 5 heteroatoms. The number of rotatable bonds is 3. The first kappa shape index (κ1) is 11.3. The number of ether oxygens (including phenoxy) is 1. The maximum atomic E-state index is 12.9. The van der Waals surface area contributed by atoms with Crippen LogP contribution in [0.5, 0.6) is 5.75 Å². The van der Waals surface area contributed by atoms with E-state index in [0.29, 0.717) is 18.6 Å². The van der Waals surface area contributed by atoms with Gasteiger partial charge in [-0.15, -0.1) is 4.48 Å². The van der Waals surface area contributed by atoms with Gasteiger partial charge >= 0.3 is 0 Å². The lowest BCUT2D eigenvalue weighted by molar-refractivity contribution is 0.0152. The minimum atomic E-state index is -0.900. The van der Waals surface area contributed by atoms with Crippen LogP contribution in [-0.4, -0.2) is 23.9 Å². The molecule has 1 heterocycles. The highest BCUT2D eigenvalue weighted by molar-refractivity contribution is 5.35. The Labute approximate surface area is 92.0 Å². The highest BCUT2D eigenvalue weighted by Crippen LogP contribution is 2.29. The summed E-state index contributed by atoms with van der Waals surface area (Å²) in [7, 11) is 0. The highest BCUT2D eigenvalue weighted by Gasteiger charge is 2.26. The second kappa shape index (κ2) is 4.76. The van der Waals surface area contributed by atoms with Crippen LogP contribution in [0.1, 0.15) is 12.0 Å². The summed E-state index contributed by atoms with van der Waals surface area (Å²) in [6.45, 7) is -0.165. The van der Waals surface area contributed by atoms with Crippen LogP contribution in [0.2, 0.25) is 0 Å². The third kappa shape index (κ3) is 2.31. The van der Waals surface area contributed by atoms with Crippen molar-refractivity contribution in [2.45, 2.75) is 25.0 Å². The maximum absolute atomic E-state index is 12.9. The zero-order valence-corrected chi connectivity index (χ0v) is 8.62. The molecule has 2 unspecified atom stereocenters. The predicted octanol–water partition coefficient (Wildman–Crippen LogP) is 1.35. The van der Waals surface area contributed by atoms with Crippen molar-refractivity contribution in [3.8, 4) is 5.75 Å². The number of halogens is 2. The average molecular weight is 229 g/mol. The van der Waals surface area contributed by atoms with E-state index in [1.54, 1.807) is 0 Å². The Morgan fingerprint density at radius 2 is 2.38 bits per heavy atom. The first-order valence-electron chi connectivity index (χ1n) is 5.17. The smallest absolute Gasteiger partial charge is 0.126 e. The van der Waals surface area contributed by atoms with Crippen molar-refractivity contribution in [1.82, 2.24) is 5.54 Å². The van der Waals surface area contributed by atoms with Gasteiger partial charge in [-0.2, -0.15) is 5.54 Å². The van der Waals surface area contributed by atoms with E-state index in [2.05, 4.69) is 0 Å². The lowest BCUT2D eigenvalue weighted by Gasteiger charge is -2.29. The molecular weight excluding hydrogens is 216 g/mol. The standard InChI is InChI=1S/C11H13F2NO2/c12-8-2-4-10-7(5-8)1-3-11(16-10)9(15)6-14-13/h2,4-5,9,11,14-15H,1,3,6H2. The molecule has 1 aromatic rings. The quantitative estimate of drug-likeness (QED) is 0.769. The molecule has 1 aliphatic heterocycles. The molecule has 88 valence electrons. The van der Waals surface area contributed by atoms with E-state index in [9.17, 15) is 14.0 Å². The molecular formula is C11H13F2NO2. The van der Waals surface area contributed by atoms with Gasteiger partial charge in [0.25, 0.3) is 0 Å². The Balaban J connectivity index is 2.09. The van der Waals surface area contributed by atoms with E-state index in [4.69, 9.17) is 4.74 Å². The van der Waals surface area contributed by atoms with Gasteiger partial charge in [0.1, 0.15) is 23.8 Å². The molecule has 0 saturated carbocycles. The summed E-state index contributed by atoms with van der Waals surface area (Å²) in [5, 5.41) is 9.55. The fourth-order valence-corrected chi connectivity index (χ4v) is 1.86. The topological polar surface area (TPSA) is 41.5 Å². The van der Waals surface area contributed by atoms with E-state index >= 15 is 0 Å².